The molecule has 0 bridgehead atoms. The first-order valence-corrected chi connectivity index (χ1v) is 6.96. The van der Waals surface area contributed by atoms with E-state index in [2.05, 4.69) is 10.1 Å². The second kappa shape index (κ2) is 7.95. The van der Waals surface area contributed by atoms with Gasteiger partial charge in [-0.3, -0.25) is 4.79 Å². The molecule has 0 heterocycles. The molecule has 2 aromatic rings. The van der Waals surface area contributed by atoms with Gasteiger partial charge in [-0.15, -0.1) is 0 Å². The highest BCUT2D eigenvalue weighted by Crippen LogP contribution is 2.21. The average Bonchev–Trinajstić information content (AvgIpc) is 2.60. The number of carbonyl (C=O) groups excluding carboxylic acids is 2. The number of aliphatic hydroxyl groups excluding tert-OH is 1. The van der Waals surface area contributed by atoms with Crippen LogP contribution in [0.25, 0.3) is 0 Å². The number of ether oxygens (including phenoxy) is 2. The molecule has 0 unspecified atom stereocenters. The maximum Gasteiger partial charge on any atom is 0.330 e. The third kappa shape index (κ3) is 4.55. The SMILES string of the molecule is COC(=O)[C@H](CO)NC(=O)c1cccc(Oc2ccccc2)c1. The summed E-state index contributed by atoms with van der Waals surface area (Å²) in [7, 11) is 1.19. The van der Waals surface area contributed by atoms with Crippen LogP contribution in [0.3, 0.4) is 0 Å². The molecular formula is C17H17NO5. The minimum Gasteiger partial charge on any atom is -0.467 e. The number of nitrogens with one attached hydrogen (secondary N) is 1. The molecule has 1 amide bonds. The minimum absolute atomic E-state index is 0.306. The van der Waals surface area contributed by atoms with Crippen molar-refractivity contribution in [2.75, 3.05) is 13.7 Å². The highest BCUT2D eigenvalue weighted by atomic mass is 16.5. The van der Waals surface area contributed by atoms with Crippen LogP contribution in [0, 0.1) is 0 Å². The number of benzene rings is 2. The lowest BCUT2D eigenvalue weighted by atomic mass is 10.2. The van der Waals surface area contributed by atoms with Crippen LogP contribution >= 0.6 is 0 Å². The van der Waals surface area contributed by atoms with E-state index in [9.17, 15) is 9.59 Å². The van der Waals surface area contributed by atoms with Gasteiger partial charge in [0.25, 0.3) is 5.91 Å². The fourth-order valence-corrected chi connectivity index (χ4v) is 1.89. The number of hydrogen-bond donors (Lipinski definition) is 2. The number of hydrogen-bond acceptors (Lipinski definition) is 5. The van der Waals surface area contributed by atoms with Crippen LogP contribution in [0.5, 0.6) is 11.5 Å². The molecular weight excluding hydrogens is 298 g/mol. The van der Waals surface area contributed by atoms with Crippen LogP contribution in [-0.4, -0.2) is 36.7 Å². The first kappa shape index (κ1) is 16.5. The first-order valence-electron chi connectivity index (χ1n) is 6.96. The Bertz CT molecular complexity index is 672. The largest absolute Gasteiger partial charge is 0.467 e. The maximum absolute atomic E-state index is 12.2. The number of carbonyl (C=O) groups is 2. The Morgan fingerprint density at radius 2 is 1.78 bits per heavy atom. The first-order chi connectivity index (χ1) is 11.1. The number of methoxy groups -OCH3 is 1. The summed E-state index contributed by atoms with van der Waals surface area (Å²) in [6.45, 7) is -0.543. The van der Waals surface area contributed by atoms with E-state index in [1.54, 1.807) is 36.4 Å². The predicted molar refractivity (Wildman–Crippen MR) is 83.3 cm³/mol. The van der Waals surface area contributed by atoms with Gasteiger partial charge in [-0.1, -0.05) is 24.3 Å². The monoisotopic (exact) mass is 315 g/mol. The lowest BCUT2D eigenvalue weighted by molar-refractivity contribution is -0.143. The van der Waals surface area contributed by atoms with Crippen LogP contribution in [0.4, 0.5) is 0 Å². The second-order valence-corrected chi connectivity index (χ2v) is 4.67. The summed E-state index contributed by atoms with van der Waals surface area (Å²) in [4.78, 5) is 23.5. The van der Waals surface area contributed by atoms with Gasteiger partial charge < -0.3 is 19.9 Å². The van der Waals surface area contributed by atoms with Crippen LogP contribution in [0.1, 0.15) is 10.4 Å². The molecule has 6 nitrogen and oxygen atoms in total. The molecule has 120 valence electrons. The standard InChI is InChI=1S/C17H17NO5/c1-22-17(21)15(11-19)18-16(20)12-6-5-9-14(10-12)23-13-7-3-2-4-8-13/h2-10,15,19H,11H2,1H3,(H,18,20)/t15-/m0/s1. The van der Waals surface area contributed by atoms with Crippen molar-refractivity contribution in [1.29, 1.82) is 0 Å². The zero-order valence-corrected chi connectivity index (χ0v) is 12.6. The topological polar surface area (TPSA) is 84.9 Å². The van der Waals surface area contributed by atoms with Gasteiger partial charge in [0.1, 0.15) is 11.5 Å². The van der Waals surface area contributed by atoms with Gasteiger partial charge in [-0.2, -0.15) is 0 Å². The van der Waals surface area contributed by atoms with E-state index in [-0.39, 0.29) is 0 Å². The summed E-state index contributed by atoms with van der Waals surface area (Å²) < 4.78 is 10.2. The van der Waals surface area contributed by atoms with E-state index in [1.165, 1.54) is 7.11 Å². The van der Waals surface area contributed by atoms with Crippen molar-refractivity contribution in [3.63, 3.8) is 0 Å². The summed E-state index contributed by atoms with van der Waals surface area (Å²) in [6, 6.07) is 14.6. The lowest BCUT2D eigenvalue weighted by Gasteiger charge is -2.14. The third-order valence-electron chi connectivity index (χ3n) is 3.05. The zero-order chi connectivity index (χ0) is 16.7. The van der Waals surface area contributed by atoms with Gasteiger partial charge in [-0.05, 0) is 30.3 Å². The lowest BCUT2D eigenvalue weighted by Crippen LogP contribution is -2.44. The zero-order valence-electron chi connectivity index (χ0n) is 12.6. The van der Waals surface area contributed by atoms with Crippen molar-refractivity contribution >= 4 is 11.9 Å². The van der Waals surface area contributed by atoms with Gasteiger partial charge in [0.05, 0.1) is 13.7 Å². The Morgan fingerprint density at radius 1 is 1.09 bits per heavy atom. The number of esters is 1. The molecule has 0 saturated heterocycles. The Balaban J connectivity index is 2.09. The highest BCUT2D eigenvalue weighted by Gasteiger charge is 2.21. The number of aliphatic hydroxyl groups is 1. The maximum atomic E-state index is 12.2. The molecule has 6 heteroatoms. The average molecular weight is 315 g/mol. The molecule has 0 spiro atoms. The third-order valence-corrected chi connectivity index (χ3v) is 3.05. The molecule has 0 aromatic heterocycles. The van der Waals surface area contributed by atoms with Crippen molar-refractivity contribution < 1.29 is 24.2 Å². The fraction of sp³-hybridized carbons (Fsp3) is 0.176. The highest BCUT2D eigenvalue weighted by molar-refractivity contribution is 5.97. The molecule has 0 fully saturated rings. The van der Waals surface area contributed by atoms with Crippen LogP contribution < -0.4 is 10.1 Å². The van der Waals surface area contributed by atoms with Gasteiger partial charge in [0.15, 0.2) is 6.04 Å². The van der Waals surface area contributed by atoms with E-state index in [4.69, 9.17) is 9.84 Å². The number of amides is 1. The second-order valence-electron chi connectivity index (χ2n) is 4.67. The smallest absolute Gasteiger partial charge is 0.330 e. The molecule has 0 aliphatic carbocycles. The molecule has 0 aliphatic heterocycles. The fourth-order valence-electron chi connectivity index (χ4n) is 1.89. The van der Waals surface area contributed by atoms with Gasteiger partial charge in [0, 0.05) is 5.56 Å². The number of rotatable bonds is 6. The summed E-state index contributed by atoms with van der Waals surface area (Å²) >= 11 is 0. The predicted octanol–water partition coefficient (Wildman–Crippen LogP) is 1.74. The quantitative estimate of drug-likeness (QED) is 0.793. The van der Waals surface area contributed by atoms with Crippen LogP contribution in [0.2, 0.25) is 0 Å². The summed E-state index contributed by atoms with van der Waals surface area (Å²) in [6.07, 6.45) is 0. The molecule has 2 N–H and O–H groups in total. The van der Waals surface area contributed by atoms with Gasteiger partial charge >= 0.3 is 5.97 Å². The van der Waals surface area contributed by atoms with Crippen molar-refractivity contribution in [1.82, 2.24) is 5.32 Å². The summed E-state index contributed by atoms with van der Waals surface area (Å²) in [5.41, 5.74) is 0.306. The van der Waals surface area contributed by atoms with E-state index in [1.807, 2.05) is 18.2 Å². The molecule has 23 heavy (non-hydrogen) atoms. The van der Waals surface area contributed by atoms with Crippen molar-refractivity contribution in [3.8, 4) is 11.5 Å². The van der Waals surface area contributed by atoms with Crippen LogP contribution in [-0.2, 0) is 9.53 Å². The Kier molecular flexibility index (Phi) is 5.71. The van der Waals surface area contributed by atoms with E-state index in [0.29, 0.717) is 17.1 Å². The van der Waals surface area contributed by atoms with E-state index >= 15 is 0 Å². The normalized spacial score (nSPS) is 11.4. The Morgan fingerprint density at radius 3 is 2.43 bits per heavy atom. The van der Waals surface area contributed by atoms with E-state index < -0.39 is 24.5 Å². The van der Waals surface area contributed by atoms with Crippen molar-refractivity contribution in [2.24, 2.45) is 0 Å². The molecule has 2 aromatic carbocycles. The summed E-state index contributed by atoms with van der Waals surface area (Å²) in [5, 5.41) is 11.5. The molecule has 0 radical (unpaired) electrons. The molecule has 1 atom stereocenters. The molecule has 2 rings (SSSR count). The Hall–Kier alpha value is -2.86. The Labute approximate surface area is 133 Å². The number of para-hydroxylation sites is 1. The van der Waals surface area contributed by atoms with Gasteiger partial charge in [-0.25, -0.2) is 4.79 Å². The summed E-state index contributed by atoms with van der Waals surface area (Å²) in [5.74, 6) is -0.0826. The minimum atomic E-state index is -1.11. The van der Waals surface area contributed by atoms with Gasteiger partial charge in [0.2, 0.25) is 0 Å². The van der Waals surface area contributed by atoms with Crippen molar-refractivity contribution in [2.45, 2.75) is 6.04 Å². The van der Waals surface area contributed by atoms with Crippen molar-refractivity contribution in [3.05, 3.63) is 60.2 Å². The van der Waals surface area contributed by atoms with E-state index in [0.717, 1.165) is 0 Å². The molecule has 0 saturated carbocycles. The molecule has 0 aliphatic rings. The van der Waals surface area contributed by atoms with Crippen LogP contribution in [0.15, 0.2) is 54.6 Å².